The summed E-state index contributed by atoms with van der Waals surface area (Å²) in [6, 6.07) is 3.72. The van der Waals surface area contributed by atoms with E-state index in [2.05, 4.69) is 11.9 Å². The van der Waals surface area contributed by atoms with Crippen molar-refractivity contribution in [2.45, 2.75) is 11.8 Å². The van der Waals surface area contributed by atoms with Gasteiger partial charge in [0.1, 0.15) is 0 Å². The minimum atomic E-state index is -3.92. The molecule has 116 valence electrons. The third-order valence-electron chi connectivity index (χ3n) is 2.34. The van der Waals surface area contributed by atoms with E-state index in [4.69, 9.17) is 21.5 Å². The highest BCUT2D eigenvalue weighted by molar-refractivity contribution is 7.89. The predicted molar refractivity (Wildman–Crippen MR) is 80.8 cm³/mol. The van der Waals surface area contributed by atoms with Crippen LogP contribution in [0.25, 0.3) is 0 Å². The number of hydrogen-bond acceptors (Lipinski definition) is 4. The van der Waals surface area contributed by atoms with E-state index in [1.165, 1.54) is 18.2 Å². The smallest absolute Gasteiger partial charge is 0.251 e. The molecule has 0 radical (unpaired) electrons. The maximum absolute atomic E-state index is 11.9. The first kappa shape index (κ1) is 17.6. The summed E-state index contributed by atoms with van der Waals surface area (Å²) in [6.07, 6.45) is 0. The van der Waals surface area contributed by atoms with Crippen molar-refractivity contribution in [3.63, 3.8) is 0 Å². The highest BCUT2D eigenvalue weighted by atomic mass is 35.5. The summed E-state index contributed by atoms with van der Waals surface area (Å²) in [5.41, 5.74) is 1.00. The van der Waals surface area contributed by atoms with Crippen LogP contribution in [0.4, 0.5) is 0 Å². The van der Waals surface area contributed by atoms with E-state index in [-0.39, 0.29) is 22.0 Å². The van der Waals surface area contributed by atoms with Gasteiger partial charge in [-0.05, 0) is 25.1 Å². The van der Waals surface area contributed by atoms with Gasteiger partial charge >= 0.3 is 0 Å². The summed E-state index contributed by atoms with van der Waals surface area (Å²) in [5, 5.41) is 7.72. The van der Waals surface area contributed by atoms with E-state index in [1.807, 2.05) is 6.92 Å². The lowest BCUT2D eigenvalue weighted by molar-refractivity contribution is 0.0926. The standard InChI is InChI=1S/C13H17ClN2O4S/c1-9(2)8-20-4-3-16-13(17)10-5-11(14)7-12(6-10)21(15,18)19/h5-7H,1,3-4,8H2,2H3,(H,16,17)(H2,15,18,19). The van der Waals surface area contributed by atoms with Gasteiger partial charge in [-0.1, -0.05) is 23.8 Å². The van der Waals surface area contributed by atoms with Crippen LogP contribution >= 0.6 is 11.6 Å². The molecule has 0 aromatic heterocycles. The SMILES string of the molecule is C=C(C)COCCNC(=O)c1cc(Cl)cc(S(N)(=O)=O)c1. The van der Waals surface area contributed by atoms with E-state index >= 15 is 0 Å². The number of nitrogens with two attached hydrogens (primary N) is 1. The van der Waals surface area contributed by atoms with Crippen molar-refractivity contribution in [2.75, 3.05) is 19.8 Å². The fourth-order valence-corrected chi connectivity index (χ4v) is 2.33. The summed E-state index contributed by atoms with van der Waals surface area (Å²) >= 11 is 5.78. The molecule has 0 heterocycles. The number of hydrogen-bond donors (Lipinski definition) is 2. The number of benzene rings is 1. The minimum Gasteiger partial charge on any atom is -0.375 e. The molecule has 0 unspecified atom stereocenters. The first-order chi connectivity index (χ1) is 9.70. The van der Waals surface area contributed by atoms with E-state index in [0.29, 0.717) is 13.2 Å². The maximum Gasteiger partial charge on any atom is 0.251 e. The monoisotopic (exact) mass is 332 g/mol. The van der Waals surface area contributed by atoms with Crippen LogP contribution in [0.2, 0.25) is 5.02 Å². The second-order valence-electron chi connectivity index (χ2n) is 4.49. The average Bonchev–Trinajstić information content (AvgIpc) is 2.36. The van der Waals surface area contributed by atoms with Gasteiger partial charge in [0.15, 0.2) is 0 Å². The Balaban J connectivity index is 2.66. The first-order valence-corrected chi connectivity index (χ1v) is 7.96. The Morgan fingerprint density at radius 3 is 2.67 bits per heavy atom. The lowest BCUT2D eigenvalue weighted by Crippen LogP contribution is -2.27. The van der Waals surface area contributed by atoms with E-state index in [0.717, 1.165) is 5.57 Å². The van der Waals surface area contributed by atoms with Crippen LogP contribution in [0.15, 0.2) is 35.2 Å². The quantitative estimate of drug-likeness (QED) is 0.581. The van der Waals surface area contributed by atoms with Crippen molar-refractivity contribution >= 4 is 27.5 Å². The topological polar surface area (TPSA) is 98.5 Å². The van der Waals surface area contributed by atoms with Crippen LogP contribution in [-0.2, 0) is 14.8 Å². The Kier molecular flexibility index (Phi) is 6.35. The molecule has 0 atom stereocenters. The summed E-state index contributed by atoms with van der Waals surface area (Å²) in [7, 11) is -3.92. The second kappa shape index (κ2) is 7.56. The van der Waals surface area contributed by atoms with Crippen LogP contribution in [-0.4, -0.2) is 34.1 Å². The number of rotatable bonds is 7. The van der Waals surface area contributed by atoms with Crippen LogP contribution < -0.4 is 10.5 Å². The molecule has 0 aliphatic carbocycles. The Bertz CT molecular complexity index is 644. The average molecular weight is 333 g/mol. The molecule has 0 bridgehead atoms. The maximum atomic E-state index is 11.9. The van der Waals surface area contributed by atoms with Gasteiger partial charge in [-0.25, -0.2) is 13.6 Å². The van der Waals surface area contributed by atoms with Gasteiger partial charge in [-0.2, -0.15) is 0 Å². The minimum absolute atomic E-state index is 0.116. The molecule has 1 aromatic carbocycles. The zero-order valence-corrected chi connectivity index (χ0v) is 13.1. The lowest BCUT2D eigenvalue weighted by Gasteiger charge is -2.08. The van der Waals surface area contributed by atoms with Crippen LogP contribution in [0.1, 0.15) is 17.3 Å². The number of carbonyl (C=O) groups is 1. The highest BCUT2D eigenvalue weighted by Crippen LogP contribution is 2.18. The normalized spacial score (nSPS) is 11.2. The summed E-state index contributed by atoms with van der Waals surface area (Å²) in [5.74, 6) is -0.457. The van der Waals surface area contributed by atoms with E-state index in [1.54, 1.807) is 0 Å². The van der Waals surface area contributed by atoms with Crippen molar-refractivity contribution in [3.05, 3.63) is 40.9 Å². The number of sulfonamides is 1. The fourth-order valence-electron chi connectivity index (χ4n) is 1.44. The summed E-state index contributed by atoms with van der Waals surface area (Å²) in [4.78, 5) is 11.7. The third kappa shape index (κ3) is 6.26. The molecule has 8 heteroatoms. The molecule has 0 fully saturated rings. The molecule has 0 spiro atoms. The molecule has 0 saturated carbocycles. The molecule has 0 aliphatic rings. The largest absolute Gasteiger partial charge is 0.375 e. The molecule has 0 saturated heterocycles. The molecule has 1 aromatic rings. The first-order valence-electron chi connectivity index (χ1n) is 6.04. The molecule has 3 N–H and O–H groups in total. The Hall–Kier alpha value is -1.41. The highest BCUT2D eigenvalue weighted by Gasteiger charge is 2.14. The Labute approximate surface area is 129 Å². The molecular weight excluding hydrogens is 316 g/mol. The zero-order valence-electron chi connectivity index (χ0n) is 11.6. The fraction of sp³-hybridized carbons (Fsp3) is 0.308. The number of ether oxygens (including phenoxy) is 1. The Morgan fingerprint density at radius 2 is 2.10 bits per heavy atom. The van der Waals surface area contributed by atoms with Crippen LogP contribution in [0.5, 0.6) is 0 Å². The summed E-state index contributed by atoms with van der Waals surface area (Å²) in [6.45, 7) is 6.54. The van der Waals surface area contributed by atoms with Gasteiger partial charge in [0.05, 0.1) is 18.1 Å². The van der Waals surface area contributed by atoms with Gasteiger partial charge < -0.3 is 10.1 Å². The molecule has 0 aliphatic heterocycles. The Morgan fingerprint density at radius 1 is 1.43 bits per heavy atom. The van der Waals surface area contributed by atoms with Crippen LogP contribution in [0, 0.1) is 0 Å². The number of primary sulfonamides is 1. The van der Waals surface area contributed by atoms with Crippen molar-refractivity contribution in [2.24, 2.45) is 5.14 Å². The van der Waals surface area contributed by atoms with Crippen molar-refractivity contribution in [3.8, 4) is 0 Å². The number of nitrogens with one attached hydrogen (secondary N) is 1. The van der Waals surface area contributed by atoms with E-state index in [9.17, 15) is 13.2 Å². The number of amides is 1. The van der Waals surface area contributed by atoms with Gasteiger partial charge in [-0.15, -0.1) is 0 Å². The molecule has 21 heavy (non-hydrogen) atoms. The van der Waals surface area contributed by atoms with Crippen molar-refractivity contribution < 1.29 is 17.9 Å². The van der Waals surface area contributed by atoms with E-state index < -0.39 is 15.9 Å². The van der Waals surface area contributed by atoms with Gasteiger partial charge in [0.2, 0.25) is 10.0 Å². The number of halogens is 1. The molecule has 6 nitrogen and oxygen atoms in total. The second-order valence-corrected chi connectivity index (χ2v) is 6.48. The third-order valence-corrected chi connectivity index (χ3v) is 3.45. The molecule has 1 rings (SSSR count). The molecular formula is C13H17ClN2O4S. The van der Waals surface area contributed by atoms with Crippen LogP contribution in [0.3, 0.4) is 0 Å². The van der Waals surface area contributed by atoms with Gasteiger partial charge in [0.25, 0.3) is 5.91 Å². The molecule has 1 amide bonds. The zero-order chi connectivity index (χ0) is 16.0. The van der Waals surface area contributed by atoms with Crippen molar-refractivity contribution in [1.29, 1.82) is 0 Å². The van der Waals surface area contributed by atoms with Gasteiger partial charge in [-0.3, -0.25) is 4.79 Å². The van der Waals surface area contributed by atoms with Gasteiger partial charge in [0, 0.05) is 17.1 Å². The number of carbonyl (C=O) groups excluding carboxylic acids is 1. The lowest BCUT2D eigenvalue weighted by atomic mass is 10.2. The summed E-state index contributed by atoms with van der Waals surface area (Å²) < 4.78 is 27.8. The van der Waals surface area contributed by atoms with Crippen molar-refractivity contribution in [1.82, 2.24) is 5.32 Å². The predicted octanol–water partition coefficient (Wildman–Crippen LogP) is 1.31.